The lowest BCUT2D eigenvalue weighted by Crippen LogP contribution is -2.26. The topological polar surface area (TPSA) is 41.1 Å². The van der Waals surface area contributed by atoms with E-state index in [2.05, 4.69) is 10.6 Å². The van der Waals surface area contributed by atoms with Crippen LogP contribution in [0.15, 0.2) is 0 Å². The molecule has 108 valence electrons. The molecule has 1 unspecified atom stereocenters. The van der Waals surface area contributed by atoms with Crippen LogP contribution in [0.1, 0.15) is 32.1 Å². The van der Waals surface area contributed by atoms with Gasteiger partial charge in [0.15, 0.2) is 0 Å². The van der Waals surface area contributed by atoms with Crippen molar-refractivity contribution in [2.45, 2.75) is 38.3 Å². The zero-order valence-corrected chi connectivity index (χ0v) is 11.0. The molecule has 7 heteroatoms. The quantitative estimate of drug-likeness (QED) is 0.736. The molecule has 3 nitrogen and oxygen atoms in total. The zero-order valence-electron chi connectivity index (χ0n) is 10.2. The molecule has 1 fully saturated rings. The van der Waals surface area contributed by atoms with E-state index in [0.29, 0.717) is 12.3 Å². The first kappa shape index (κ1) is 17.5. The van der Waals surface area contributed by atoms with E-state index in [1.165, 1.54) is 0 Å². The minimum Gasteiger partial charge on any atom is -0.356 e. The Bertz CT molecular complexity index is 243. The van der Waals surface area contributed by atoms with Gasteiger partial charge in [-0.05, 0) is 38.3 Å². The Labute approximate surface area is 111 Å². The molecule has 1 atom stereocenters. The Morgan fingerprint density at radius 3 is 2.67 bits per heavy atom. The maximum absolute atomic E-state index is 11.8. The minimum atomic E-state index is -4.12. The molecule has 2 N–H and O–H groups in total. The monoisotopic (exact) mass is 288 g/mol. The normalized spacial score (nSPS) is 19.4. The van der Waals surface area contributed by atoms with Gasteiger partial charge >= 0.3 is 6.18 Å². The van der Waals surface area contributed by atoms with Gasteiger partial charge in [0.1, 0.15) is 0 Å². The van der Waals surface area contributed by atoms with E-state index in [-0.39, 0.29) is 31.3 Å². The molecule has 1 saturated heterocycles. The number of alkyl halides is 3. The number of nitrogens with one attached hydrogen (secondary N) is 2. The van der Waals surface area contributed by atoms with Crippen molar-refractivity contribution in [2.24, 2.45) is 5.92 Å². The molecule has 0 aromatic heterocycles. The number of amides is 1. The van der Waals surface area contributed by atoms with E-state index in [0.717, 1.165) is 25.9 Å². The molecular weight excluding hydrogens is 269 g/mol. The molecule has 0 aromatic carbocycles. The smallest absolute Gasteiger partial charge is 0.356 e. The maximum atomic E-state index is 11.8. The molecule has 0 bridgehead atoms. The number of hydrogen-bond acceptors (Lipinski definition) is 2. The van der Waals surface area contributed by atoms with Crippen LogP contribution in [0.3, 0.4) is 0 Å². The molecule has 1 amide bonds. The van der Waals surface area contributed by atoms with Crippen molar-refractivity contribution in [1.82, 2.24) is 10.6 Å². The summed E-state index contributed by atoms with van der Waals surface area (Å²) in [6, 6.07) is 0. The molecule has 0 aliphatic carbocycles. The van der Waals surface area contributed by atoms with E-state index in [4.69, 9.17) is 0 Å². The Balaban J connectivity index is 0.00000289. The number of halogens is 4. The third-order valence-corrected chi connectivity index (χ3v) is 2.90. The largest absolute Gasteiger partial charge is 0.389 e. The molecule has 0 saturated carbocycles. The highest BCUT2D eigenvalue weighted by atomic mass is 35.5. The second kappa shape index (κ2) is 8.58. The van der Waals surface area contributed by atoms with Crippen molar-refractivity contribution in [2.75, 3.05) is 19.6 Å². The van der Waals surface area contributed by atoms with Crippen molar-refractivity contribution in [1.29, 1.82) is 0 Å². The highest BCUT2D eigenvalue weighted by Gasteiger charge is 2.26. The molecule has 1 aliphatic rings. The molecule has 1 heterocycles. The van der Waals surface area contributed by atoms with Crippen molar-refractivity contribution < 1.29 is 18.0 Å². The van der Waals surface area contributed by atoms with Crippen LogP contribution < -0.4 is 10.6 Å². The van der Waals surface area contributed by atoms with E-state index in [1.54, 1.807) is 0 Å². The summed E-state index contributed by atoms with van der Waals surface area (Å²) in [6.07, 6.45) is -2.68. The van der Waals surface area contributed by atoms with Gasteiger partial charge in [-0.25, -0.2) is 0 Å². The van der Waals surface area contributed by atoms with E-state index in [9.17, 15) is 18.0 Å². The van der Waals surface area contributed by atoms with Crippen molar-refractivity contribution in [3.8, 4) is 0 Å². The van der Waals surface area contributed by atoms with Gasteiger partial charge in [-0.1, -0.05) is 0 Å². The van der Waals surface area contributed by atoms with Crippen LogP contribution in [0.5, 0.6) is 0 Å². The lowest BCUT2D eigenvalue weighted by atomic mass is 10.0. The molecule has 1 aliphatic heterocycles. The molecule has 0 radical (unpaired) electrons. The van der Waals surface area contributed by atoms with Gasteiger partial charge in [-0.15, -0.1) is 12.4 Å². The van der Waals surface area contributed by atoms with Crippen LogP contribution in [-0.4, -0.2) is 31.7 Å². The lowest BCUT2D eigenvalue weighted by Gasteiger charge is -2.09. The first-order chi connectivity index (χ1) is 7.97. The number of rotatable bonds is 6. The average molecular weight is 289 g/mol. The molecule has 0 aromatic rings. The lowest BCUT2D eigenvalue weighted by molar-refractivity contribution is -0.136. The third-order valence-electron chi connectivity index (χ3n) is 2.90. The first-order valence-corrected chi connectivity index (χ1v) is 6.01. The van der Waals surface area contributed by atoms with Gasteiger partial charge in [-0.2, -0.15) is 13.2 Å². The molecule has 1 rings (SSSR count). The number of carbonyl (C=O) groups excluding carboxylic acids is 1. The second-order valence-corrected chi connectivity index (χ2v) is 4.47. The number of hydrogen-bond donors (Lipinski definition) is 2. The van der Waals surface area contributed by atoms with Crippen LogP contribution in [0.25, 0.3) is 0 Å². The number of carbonyl (C=O) groups is 1. The highest BCUT2D eigenvalue weighted by Crippen LogP contribution is 2.20. The van der Waals surface area contributed by atoms with Crippen LogP contribution >= 0.6 is 12.4 Å². The zero-order chi connectivity index (χ0) is 12.7. The fraction of sp³-hybridized carbons (Fsp3) is 0.909. The van der Waals surface area contributed by atoms with Crippen molar-refractivity contribution in [3.63, 3.8) is 0 Å². The fourth-order valence-corrected chi connectivity index (χ4v) is 1.90. The van der Waals surface area contributed by atoms with E-state index in [1.807, 2.05) is 0 Å². The average Bonchev–Trinajstić information content (AvgIpc) is 2.73. The summed E-state index contributed by atoms with van der Waals surface area (Å²) in [7, 11) is 0. The van der Waals surface area contributed by atoms with Crippen molar-refractivity contribution >= 4 is 18.3 Å². The Morgan fingerprint density at radius 2 is 2.11 bits per heavy atom. The highest BCUT2D eigenvalue weighted by molar-refractivity contribution is 5.85. The summed E-state index contributed by atoms with van der Waals surface area (Å²) in [5.41, 5.74) is 0. The van der Waals surface area contributed by atoms with Gasteiger partial charge in [0.2, 0.25) is 5.91 Å². The molecular formula is C11H20ClF3N2O. The Hall–Kier alpha value is -0.490. The van der Waals surface area contributed by atoms with Crippen LogP contribution in [0.4, 0.5) is 13.2 Å². The van der Waals surface area contributed by atoms with E-state index < -0.39 is 12.6 Å². The van der Waals surface area contributed by atoms with Crippen molar-refractivity contribution in [3.05, 3.63) is 0 Å². The van der Waals surface area contributed by atoms with Gasteiger partial charge in [0.05, 0.1) is 0 Å². The fourth-order valence-electron chi connectivity index (χ4n) is 1.90. The Kier molecular flexibility index (Phi) is 8.35. The second-order valence-electron chi connectivity index (χ2n) is 4.47. The van der Waals surface area contributed by atoms with Crippen LogP contribution in [-0.2, 0) is 4.79 Å². The molecule has 0 spiro atoms. The third kappa shape index (κ3) is 8.58. The summed E-state index contributed by atoms with van der Waals surface area (Å²) < 4.78 is 35.4. The van der Waals surface area contributed by atoms with Gasteiger partial charge in [0, 0.05) is 19.4 Å². The van der Waals surface area contributed by atoms with Gasteiger partial charge in [0.25, 0.3) is 0 Å². The first-order valence-electron chi connectivity index (χ1n) is 6.01. The summed E-state index contributed by atoms with van der Waals surface area (Å²) in [6.45, 7) is 2.06. The van der Waals surface area contributed by atoms with Gasteiger partial charge < -0.3 is 10.6 Å². The van der Waals surface area contributed by atoms with Crippen LogP contribution in [0.2, 0.25) is 0 Å². The maximum Gasteiger partial charge on any atom is 0.389 e. The van der Waals surface area contributed by atoms with E-state index >= 15 is 0 Å². The summed E-state index contributed by atoms with van der Waals surface area (Å²) in [4.78, 5) is 11.3. The minimum absolute atomic E-state index is 0. The predicted molar refractivity (Wildman–Crippen MR) is 65.8 cm³/mol. The standard InChI is InChI=1S/C11H19F3N2O.ClH/c12-11(13,14)5-1-6-16-10(17)3-2-9-4-7-15-8-9;/h9,15H,1-8H2,(H,16,17);1H. The SMILES string of the molecule is Cl.O=C(CCC1CCNC1)NCCCC(F)(F)F. The summed E-state index contributed by atoms with van der Waals surface area (Å²) >= 11 is 0. The van der Waals surface area contributed by atoms with Gasteiger partial charge in [-0.3, -0.25) is 4.79 Å². The summed E-state index contributed by atoms with van der Waals surface area (Å²) in [5, 5.41) is 5.73. The predicted octanol–water partition coefficient (Wildman–Crippen LogP) is 2.26. The summed E-state index contributed by atoms with van der Waals surface area (Å²) in [5.74, 6) is 0.398. The molecule has 18 heavy (non-hydrogen) atoms. The van der Waals surface area contributed by atoms with Crippen LogP contribution in [0, 0.1) is 5.92 Å². The Morgan fingerprint density at radius 1 is 1.39 bits per heavy atom.